The Morgan fingerprint density at radius 3 is 2.50 bits per heavy atom. The first-order valence-corrected chi connectivity index (χ1v) is 5.85. The number of carbonyl (C=O) groups is 2. The van der Waals surface area contributed by atoms with E-state index >= 15 is 0 Å². The molecule has 0 N–H and O–H groups in total. The molecule has 0 spiro atoms. The van der Waals surface area contributed by atoms with Gasteiger partial charge in [-0.3, -0.25) is 4.79 Å². The van der Waals surface area contributed by atoms with Crippen LogP contribution in [0.15, 0.2) is 36.4 Å². The minimum atomic E-state index is -0.451. The number of Topliss-reactive ketones (excluding diaryl/α,β-unsaturated/α-hetero) is 1. The van der Waals surface area contributed by atoms with Crippen molar-refractivity contribution < 1.29 is 14.3 Å². The maximum absolute atomic E-state index is 11.8. The maximum Gasteiger partial charge on any atom is 0.338 e. The molecule has 0 bridgehead atoms. The van der Waals surface area contributed by atoms with Crippen molar-refractivity contribution in [2.45, 2.75) is 13.8 Å². The predicted octanol–water partition coefficient (Wildman–Crippen LogP) is 3.22. The standard InChI is InChI=1S/C15H14O3/c1-3-18-15(17)13-9-8-11-6-4-5-7-12(11)14(13)10(2)16/h4-9H,3H2,1-2H3. The fourth-order valence-electron chi connectivity index (χ4n) is 2.03. The molecule has 3 heteroatoms. The van der Waals surface area contributed by atoms with Crippen LogP contribution in [0.1, 0.15) is 34.6 Å². The second kappa shape index (κ2) is 5.00. The second-order valence-corrected chi connectivity index (χ2v) is 3.99. The van der Waals surface area contributed by atoms with Crippen LogP contribution in [0.2, 0.25) is 0 Å². The summed E-state index contributed by atoms with van der Waals surface area (Å²) < 4.78 is 4.98. The molecule has 3 nitrogen and oxygen atoms in total. The highest BCUT2D eigenvalue weighted by Crippen LogP contribution is 2.23. The monoisotopic (exact) mass is 242 g/mol. The normalized spacial score (nSPS) is 10.3. The lowest BCUT2D eigenvalue weighted by Crippen LogP contribution is -2.11. The van der Waals surface area contributed by atoms with Gasteiger partial charge in [-0.25, -0.2) is 4.79 Å². The molecule has 0 atom stereocenters. The summed E-state index contributed by atoms with van der Waals surface area (Å²) in [6.07, 6.45) is 0. The van der Waals surface area contributed by atoms with Gasteiger partial charge < -0.3 is 4.74 Å². The zero-order valence-electron chi connectivity index (χ0n) is 10.4. The molecule has 0 aliphatic carbocycles. The van der Waals surface area contributed by atoms with Gasteiger partial charge >= 0.3 is 5.97 Å². The van der Waals surface area contributed by atoms with E-state index in [1.165, 1.54) is 6.92 Å². The van der Waals surface area contributed by atoms with Gasteiger partial charge in [-0.05, 0) is 30.7 Å². The highest BCUT2D eigenvalue weighted by atomic mass is 16.5. The minimum Gasteiger partial charge on any atom is -0.462 e. The number of fused-ring (bicyclic) bond motifs is 1. The zero-order valence-corrected chi connectivity index (χ0v) is 10.4. The van der Waals surface area contributed by atoms with Gasteiger partial charge in [0.25, 0.3) is 0 Å². The number of esters is 1. The van der Waals surface area contributed by atoms with Crippen molar-refractivity contribution in [3.63, 3.8) is 0 Å². The van der Waals surface area contributed by atoms with Crippen LogP contribution in [-0.2, 0) is 4.74 Å². The highest BCUT2D eigenvalue weighted by molar-refractivity contribution is 6.14. The SMILES string of the molecule is CCOC(=O)c1ccc2ccccc2c1C(C)=O. The number of hydrogen-bond acceptors (Lipinski definition) is 3. The quantitative estimate of drug-likeness (QED) is 0.613. The first kappa shape index (κ1) is 12.3. The molecule has 0 heterocycles. The van der Waals surface area contributed by atoms with Gasteiger partial charge in [0.15, 0.2) is 5.78 Å². The van der Waals surface area contributed by atoms with Crippen molar-refractivity contribution in [1.29, 1.82) is 0 Å². The average molecular weight is 242 g/mol. The fourth-order valence-corrected chi connectivity index (χ4v) is 2.03. The van der Waals surface area contributed by atoms with E-state index in [9.17, 15) is 9.59 Å². The van der Waals surface area contributed by atoms with Crippen molar-refractivity contribution in [3.05, 3.63) is 47.5 Å². The summed E-state index contributed by atoms with van der Waals surface area (Å²) in [5.74, 6) is -0.580. The molecule has 92 valence electrons. The number of carbonyl (C=O) groups excluding carboxylic acids is 2. The highest BCUT2D eigenvalue weighted by Gasteiger charge is 2.18. The van der Waals surface area contributed by atoms with Crippen LogP contribution in [0.3, 0.4) is 0 Å². The van der Waals surface area contributed by atoms with Crippen LogP contribution in [0.5, 0.6) is 0 Å². The van der Waals surface area contributed by atoms with Crippen LogP contribution in [0.4, 0.5) is 0 Å². The van der Waals surface area contributed by atoms with Gasteiger partial charge in [0, 0.05) is 5.56 Å². The van der Waals surface area contributed by atoms with E-state index in [-0.39, 0.29) is 5.78 Å². The third-order valence-corrected chi connectivity index (χ3v) is 2.78. The van der Waals surface area contributed by atoms with Crippen molar-refractivity contribution in [2.24, 2.45) is 0 Å². The Balaban J connectivity index is 2.70. The summed E-state index contributed by atoms with van der Waals surface area (Å²) >= 11 is 0. The number of hydrogen-bond donors (Lipinski definition) is 0. The van der Waals surface area contributed by atoms with Crippen LogP contribution in [0, 0.1) is 0 Å². The number of rotatable bonds is 3. The zero-order chi connectivity index (χ0) is 13.1. The Bertz CT molecular complexity index is 614. The first-order valence-electron chi connectivity index (χ1n) is 5.85. The average Bonchev–Trinajstić information content (AvgIpc) is 2.37. The van der Waals surface area contributed by atoms with Gasteiger partial charge in [-0.1, -0.05) is 30.3 Å². The van der Waals surface area contributed by atoms with E-state index in [0.717, 1.165) is 10.8 Å². The first-order chi connectivity index (χ1) is 8.65. The Labute approximate surface area is 105 Å². The molecule has 2 rings (SSSR count). The van der Waals surface area contributed by atoms with E-state index in [0.29, 0.717) is 17.7 Å². The van der Waals surface area contributed by atoms with Crippen LogP contribution in [0.25, 0.3) is 10.8 Å². The molecule has 0 radical (unpaired) electrons. The third-order valence-electron chi connectivity index (χ3n) is 2.78. The van der Waals surface area contributed by atoms with Crippen molar-refractivity contribution in [1.82, 2.24) is 0 Å². The van der Waals surface area contributed by atoms with E-state index in [2.05, 4.69) is 0 Å². The molecular formula is C15H14O3. The van der Waals surface area contributed by atoms with Gasteiger partial charge in [-0.15, -0.1) is 0 Å². The Hall–Kier alpha value is -2.16. The summed E-state index contributed by atoms with van der Waals surface area (Å²) in [4.78, 5) is 23.6. The van der Waals surface area contributed by atoms with Crippen LogP contribution >= 0.6 is 0 Å². The van der Waals surface area contributed by atoms with Crippen molar-refractivity contribution in [3.8, 4) is 0 Å². The largest absolute Gasteiger partial charge is 0.462 e. The lowest BCUT2D eigenvalue weighted by Gasteiger charge is -2.09. The summed E-state index contributed by atoms with van der Waals surface area (Å²) in [5, 5.41) is 1.73. The molecule has 0 saturated heterocycles. The molecule has 2 aromatic carbocycles. The molecule has 2 aromatic rings. The van der Waals surface area contributed by atoms with Gasteiger partial charge in [0.1, 0.15) is 0 Å². The molecule has 0 aliphatic rings. The molecule has 18 heavy (non-hydrogen) atoms. The smallest absolute Gasteiger partial charge is 0.338 e. The molecule has 0 aliphatic heterocycles. The van der Waals surface area contributed by atoms with Gasteiger partial charge in [0.05, 0.1) is 12.2 Å². The van der Waals surface area contributed by atoms with Crippen LogP contribution in [-0.4, -0.2) is 18.4 Å². The number of ketones is 1. The van der Waals surface area contributed by atoms with E-state index < -0.39 is 5.97 Å². The molecule has 0 unspecified atom stereocenters. The maximum atomic E-state index is 11.8. The Kier molecular flexibility index (Phi) is 3.42. The number of benzene rings is 2. The van der Waals surface area contributed by atoms with Gasteiger partial charge in [-0.2, -0.15) is 0 Å². The summed E-state index contributed by atoms with van der Waals surface area (Å²) in [6.45, 7) is 3.50. The number of ether oxygens (including phenoxy) is 1. The Morgan fingerprint density at radius 1 is 1.11 bits per heavy atom. The van der Waals surface area contributed by atoms with Crippen LogP contribution < -0.4 is 0 Å². The lowest BCUT2D eigenvalue weighted by atomic mass is 9.96. The molecule has 0 fully saturated rings. The molecule has 0 aromatic heterocycles. The van der Waals surface area contributed by atoms with E-state index in [1.807, 2.05) is 30.3 Å². The molecular weight excluding hydrogens is 228 g/mol. The van der Waals surface area contributed by atoms with E-state index in [4.69, 9.17) is 4.74 Å². The summed E-state index contributed by atoms with van der Waals surface area (Å²) in [6, 6.07) is 11.0. The molecule has 0 amide bonds. The topological polar surface area (TPSA) is 43.4 Å². The third kappa shape index (κ3) is 2.12. The Morgan fingerprint density at radius 2 is 1.83 bits per heavy atom. The van der Waals surface area contributed by atoms with Gasteiger partial charge in [0.2, 0.25) is 0 Å². The summed E-state index contributed by atoms with van der Waals surface area (Å²) in [7, 11) is 0. The van der Waals surface area contributed by atoms with Crippen molar-refractivity contribution in [2.75, 3.05) is 6.61 Å². The second-order valence-electron chi connectivity index (χ2n) is 3.99. The molecule has 0 saturated carbocycles. The fraction of sp³-hybridized carbons (Fsp3) is 0.200. The van der Waals surface area contributed by atoms with E-state index in [1.54, 1.807) is 13.0 Å². The predicted molar refractivity (Wildman–Crippen MR) is 69.9 cm³/mol. The minimum absolute atomic E-state index is 0.130. The lowest BCUT2D eigenvalue weighted by molar-refractivity contribution is 0.0523. The van der Waals surface area contributed by atoms with Crippen molar-refractivity contribution >= 4 is 22.5 Å². The summed E-state index contributed by atoms with van der Waals surface area (Å²) in [5.41, 5.74) is 0.773.